The number of rotatable bonds is 5. The molecule has 56 valence electrons. The molecular weight excluding hydrogens is 124 g/mol. The molecule has 0 aliphatic heterocycles. The van der Waals surface area contributed by atoms with Crippen molar-refractivity contribution in [3.63, 3.8) is 0 Å². The molecule has 2 nitrogen and oxygen atoms in total. The van der Waals surface area contributed by atoms with Crippen molar-refractivity contribution in [1.82, 2.24) is 0 Å². The van der Waals surface area contributed by atoms with E-state index in [2.05, 4.69) is 23.5 Å². The lowest BCUT2D eigenvalue weighted by molar-refractivity contribution is 0.843. The van der Waals surface area contributed by atoms with Gasteiger partial charge >= 0.3 is 0 Å². The van der Waals surface area contributed by atoms with Crippen LogP contribution in [0.3, 0.4) is 0 Å². The number of nitrogens with zero attached hydrogens (tertiary/aromatic N) is 2. The molecule has 0 radical (unpaired) electrons. The normalized spacial score (nSPS) is 11.3. The SMILES string of the molecule is C=CN=CN=CCCCC. The minimum absolute atomic E-state index is 1.04. The lowest BCUT2D eigenvalue weighted by atomic mass is 10.3. The number of aliphatic imine (C=N–C) groups is 2. The first-order chi connectivity index (χ1) is 4.91. The first kappa shape index (κ1) is 9.08. The van der Waals surface area contributed by atoms with Crippen molar-refractivity contribution >= 4 is 12.6 Å². The van der Waals surface area contributed by atoms with Crippen LogP contribution in [0.15, 0.2) is 22.8 Å². The van der Waals surface area contributed by atoms with Crippen LogP contribution < -0.4 is 0 Å². The highest BCUT2D eigenvalue weighted by atomic mass is 14.8. The van der Waals surface area contributed by atoms with Crippen LogP contribution in [-0.4, -0.2) is 12.6 Å². The second kappa shape index (κ2) is 8.08. The first-order valence-corrected chi connectivity index (χ1v) is 3.56. The molecule has 0 bridgehead atoms. The fourth-order valence-corrected chi connectivity index (χ4v) is 0.503. The van der Waals surface area contributed by atoms with Gasteiger partial charge in [0.05, 0.1) is 0 Å². The van der Waals surface area contributed by atoms with Gasteiger partial charge in [0, 0.05) is 12.4 Å². The smallest absolute Gasteiger partial charge is 0.114 e. The predicted octanol–water partition coefficient (Wildman–Crippen LogP) is 2.42. The van der Waals surface area contributed by atoms with Gasteiger partial charge in [0.2, 0.25) is 0 Å². The van der Waals surface area contributed by atoms with Crippen molar-refractivity contribution in [3.8, 4) is 0 Å². The molecule has 0 aliphatic carbocycles. The molecule has 0 aromatic rings. The van der Waals surface area contributed by atoms with Gasteiger partial charge in [-0.2, -0.15) is 0 Å². The second-order valence-corrected chi connectivity index (χ2v) is 1.92. The van der Waals surface area contributed by atoms with Gasteiger partial charge in [-0.1, -0.05) is 19.9 Å². The van der Waals surface area contributed by atoms with Gasteiger partial charge in [0.25, 0.3) is 0 Å². The third-order valence-electron chi connectivity index (χ3n) is 1.03. The molecule has 0 N–H and O–H groups in total. The Morgan fingerprint density at radius 2 is 2.20 bits per heavy atom. The van der Waals surface area contributed by atoms with E-state index in [1.807, 2.05) is 6.21 Å². The summed E-state index contributed by atoms with van der Waals surface area (Å²) in [4.78, 5) is 7.62. The van der Waals surface area contributed by atoms with Crippen LogP contribution in [0.1, 0.15) is 26.2 Å². The Kier molecular flexibility index (Phi) is 7.34. The van der Waals surface area contributed by atoms with Crippen molar-refractivity contribution < 1.29 is 0 Å². The summed E-state index contributed by atoms with van der Waals surface area (Å²) in [6, 6.07) is 0. The fraction of sp³-hybridized carbons (Fsp3) is 0.500. The molecule has 0 unspecified atom stereocenters. The number of hydrogen-bond donors (Lipinski definition) is 0. The standard InChI is InChI=1S/C8H14N2/c1-3-5-6-7-10-8-9-4-2/h4,7-8H,2-3,5-6H2,1H3. The minimum atomic E-state index is 1.04. The Balaban J connectivity index is 3.19. The Hall–Kier alpha value is -0.920. The third kappa shape index (κ3) is 7.08. The summed E-state index contributed by atoms with van der Waals surface area (Å²) in [5.41, 5.74) is 0. The maximum Gasteiger partial charge on any atom is 0.114 e. The van der Waals surface area contributed by atoms with Crippen LogP contribution in [0.25, 0.3) is 0 Å². The summed E-state index contributed by atoms with van der Waals surface area (Å²) in [7, 11) is 0. The highest BCUT2D eigenvalue weighted by Gasteiger charge is 1.75. The Labute approximate surface area is 62.4 Å². The molecule has 0 aliphatic rings. The Morgan fingerprint density at radius 3 is 2.80 bits per heavy atom. The lowest BCUT2D eigenvalue weighted by Crippen LogP contribution is -1.75. The van der Waals surface area contributed by atoms with E-state index in [1.165, 1.54) is 25.4 Å². The molecule has 0 aromatic carbocycles. The van der Waals surface area contributed by atoms with E-state index >= 15 is 0 Å². The molecule has 0 rings (SSSR count). The van der Waals surface area contributed by atoms with E-state index in [0.717, 1.165) is 6.42 Å². The van der Waals surface area contributed by atoms with Gasteiger partial charge in [0.1, 0.15) is 6.34 Å². The van der Waals surface area contributed by atoms with Gasteiger partial charge in [-0.05, 0) is 12.8 Å². The van der Waals surface area contributed by atoms with Crippen LogP contribution in [0.4, 0.5) is 0 Å². The largest absolute Gasteiger partial charge is 0.249 e. The number of hydrogen-bond acceptors (Lipinski definition) is 1. The van der Waals surface area contributed by atoms with Crippen LogP contribution >= 0.6 is 0 Å². The van der Waals surface area contributed by atoms with Crippen molar-refractivity contribution in [2.75, 3.05) is 0 Å². The van der Waals surface area contributed by atoms with Crippen molar-refractivity contribution in [2.45, 2.75) is 26.2 Å². The summed E-state index contributed by atoms with van der Waals surface area (Å²) in [5, 5.41) is 0. The van der Waals surface area contributed by atoms with Crippen molar-refractivity contribution in [2.24, 2.45) is 9.98 Å². The molecule has 0 aromatic heterocycles. The Morgan fingerprint density at radius 1 is 1.40 bits per heavy atom. The zero-order valence-corrected chi connectivity index (χ0v) is 6.45. The monoisotopic (exact) mass is 138 g/mol. The molecule has 0 atom stereocenters. The number of unbranched alkanes of at least 4 members (excludes halogenated alkanes) is 2. The minimum Gasteiger partial charge on any atom is -0.249 e. The van der Waals surface area contributed by atoms with Gasteiger partial charge in [-0.3, -0.25) is 0 Å². The maximum atomic E-state index is 3.91. The quantitative estimate of drug-likeness (QED) is 0.316. The van der Waals surface area contributed by atoms with Crippen LogP contribution in [-0.2, 0) is 0 Å². The van der Waals surface area contributed by atoms with Gasteiger partial charge in [-0.25, -0.2) is 9.98 Å². The molecule has 0 fully saturated rings. The van der Waals surface area contributed by atoms with Gasteiger partial charge in [0.15, 0.2) is 0 Å². The molecule has 0 saturated heterocycles. The molecule has 0 amide bonds. The van der Waals surface area contributed by atoms with E-state index in [4.69, 9.17) is 0 Å². The average molecular weight is 138 g/mol. The van der Waals surface area contributed by atoms with Crippen LogP contribution in [0.2, 0.25) is 0 Å². The molecule has 2 heteroatoms. The van der Waals surface area contributed by atoms with E-state index < -0.39 is 0 Å². The highest BCUT2D eigenvalue weighted by Crippen LogP contribution is 1.88. The summed E-state index contributed by atoms with van der Waals surface area (Å²) >= 11 is 0. The first-order valence-electron chi connectivity index (χ1n) is 3.56. The van der Waals surface area contributed by atoms with E-state index in [0.29, 0.717) is 0 Å². The maximum absolute atomic E-state index is 3.91. The second-order valence-electron chi connectivity index (χ2n) is 1.92. The van der Waals surface area contributed by atoms with Crippen molar-refractivity contribution in [1.29, 1.82) is 0 Å². The summed E-state index contributed by atoms with van der Waals surface area (Å²) < 4.78 is 0. The molecule has 0 heterocycles. The zero-order chi connectivity index (χ0) is 7.66. The van der Waals surface area contributed by atoms with E-state index in [-0.39, 0.29) is 0 Å². The Bertz CT molecular complexity index is 125. The average Bonchev–Trinajstić information content (AvgIpc) is 1.97. The molecular formula is C8H14N2. The topological polar surface area (TPSA) is 24.7 Å². The van der Waals surface area contributed by atoms with E-state index in [9.17, 15) is 0 Å². The van der Waals surface area contributed by atoms with Crippen LogP contribution in [0, 0.1) is 0 Å². The molecule has 0 saturated carbocycles. The third-order valence-corrected chi connectivity index (χ3v) is 1.03. The lowest BCUT2D eigenvalue weighted by Gasteiger charge is -1.84. The highest BCUT2D eigenvalue weighted by molar-refractivity contribution is 5.72. The van der Waals surface area contributed by atoms with E-state index in [1.54, 1.807) is 0 Å². The summed E-state index contributed by atoms with van der Waals surface area (Å²) in [6.07, 6.45) is 8.30. The van der Waals surface area contributed by atoms with Crippen LogP contribution in [0.5, 0.6) is 0 Å². The van der Waals surface area contributed by atoms with Gasteiger partial charge < -0.3 is 0 Å². The zero-order valence-electron chi connectivity index (χ0n) is 6.45. The molecule has 10 heavy (non-hydrogen) atoms. The molecule has 0 spiro atoms. The van der Waals surface area contributed by atoms with Gasteiger partial charge in [-0.15, -0.1) is 0 Å². The summed E-state index contributed by atoms with van der Waals surface area (Å²) in [5.74, 6) is 0. The van der Waals surface area contributed by atoms with Crippen molar-refractivity contribution in [3.05, 3.63) is 12.8 Å². The predicted molar refractivity (Wildman–Crippen MR) is 46.7 cm³/mol. The summed E-state index contributed by atoms with van der Waals surface area (Å²) in [6.45, 7) is 5.58. The fourth-order valence-electron chi connectivity index (χ4n) is 0.503.